The van der Waals surface area contributed by atoms with E-state index in [9.17, 15) is 4.39 Å². The van der Waals surface area contributed by atoms with Crippen molar-refractivity contribution in [2.24, 2.45) is 16.9 Å². The van der Waals surface area contributed by atoms with Crippen molar-refractivity contribution in [2.45, 2.75) is 13.3 Å². The van der Waals surface area contributed by atoms with Crippen LogP contribution in [0.4, 0.5) is 4.39 Å². The van der Waals surface area contributed by atoms with Crippen LogP contribution in [0.25, 0.3) is 0 Å². The van der Waals surface area contributed by atoms with Gasteiger partial charge in [0.2, 0.25) is 5.71 Å². The van der Waals surface area contributed by atoms with Crippen molar-refractivity contribution in [1.82, 2.24) is 4.90 Å². The number of nitrogens with zero attached hydrogens (tertiary/aromatic N) is 3. The summed E-state index contributed by atoms with van der Waals surface area (Å²) in [5, 5.41) is 4.63. The second-order valence-corrected chi connectivity index (χ2v) is 6.51. The van der Waals surface area contributed by atoms with Crippen LogP contribution in [-0.4, -0.2) is 61.4 Å². The molecule has 0 saturated carbocycles. The standard InChI is InChI=1S/C18H25FN3O/c1-3-8-21(2)11-16-9-20-22(10-14-12-23-13-14)18(16)15-4-6-17(19)7-5-15/h4-7,9,14,16H,3,8,10-13H2,1-2H3/q+1. The molecular weight excluding hydrogens is 293 g/mol. The molecule has 1 atom stereocenters. The van der Waals surface area contributed by atoms with Crippen LogP contribution in [0.1, 0.15) is 18.9 Å². The molecule has 1 aromatic rings. The molecular formula is C18H25FN3O+. The van der Waals surface area contributed by atoms with E-state index >= 15 is 0 Å². The Hall–Kier alpha value is -1.59. The zero-order valence-corrected chi connectivity index (χ0v) is 13.9. The third-order valence-electron chi connectivity index (χ3n) is 4.41. The average Bonchev–Trinajstić information content (AvgIpc) is 2.87. The lowest BCUT2D eigenvalue weighted by atomic mass is 9.97. The largest absolute Gasteiger partial charge is 0.380 e. The Morgan fingerprint density at radius 2 is 2.04 bits per heavy atom. The molecule has 2 aliphatic heterocycles. The normalized spacial score (nSPS) is 21.3. The van der Waals surface area contributed by atoms with E-state index in [1.54, 1.807) is 0 Å². The number of hydrazone groups is 1. The van der Waals surface area contributed by atoms with Crippen LogP contribution in [-0.2, 0) is 4.74 Å². The van der Waals surface area contributed by atoms with Gasteiger partial charge in [-0.05, 0) is 49.4 Å². The van der Waals surface area contributed by atoms with E-state index in [4.69, 9.17) is 4.74 Å². The number of hydrogen-bond donors (Lipinski definition) is 0. The van der Waals surface area contributed by atoms with E-state index in [1.807, 2.05) is 18.3 Å². The van der Waals surface area contributed by atoms with Crippen LogP contribution in [0, 0.1) is 17.7 Å². The first-order chi connectivity index (χ1) is 11.2. The van der Waals surface area contributed by atoms with Crippen LogP contribution in [0.3, 0.4) is 0 Å². The fourth-order valence-corrected chi connectivity index (χ4v) is 3.19. The van der Waals surface area contributed by atoms with Gasteiger partial charge in [-0.3, -0.25) is 0 Å². The van der Waals surface area contributed by atoms with Gasteiger partial charge in [-0.15, -0.1) is 0 Å². The Morgan fingerprint density at radius 1 is 1.30 bits per heavy atom. The molecule has 2 heterocycles. The molecule has 3 rings (SSSR count). The second-order valence-electron chi connectivity index (χ2n) is 6.51. The first-order valence-electron chi connectivity index (χ1n) is 8.38. The summed E-state index contributed by atoms with van der Waals surface area (Å²) in [6.45, 7) is 6.68. The topological polar surface area (TPSA) is 27.8 Å². The molecule has 5 heteroatoms. The minimum atomic E-state index is -0.202. The molecule has 1 aromatic carbocycles. The molecule has 2 aliphatic rings. The quantitative estimate of drug-likeness (QED) is 0.721. The fraction of sp³-hybridized carbons (Fsp3) is 0.556. The highest BCUT2D eigenvalue weighted by Gasteiger charge is 2.35. The van der Waals surface area contributed by atoms with Crippen molar-refractivity contribution >= 4 is 11.9 Å². The smallest absolute Gasteiger partial charge is 0.225 e. The highest BCUT2D eigenvalue weighted by molar-refractivity contribution is 6.08. The molecule has 124 valence electrons. The zero-order chi connectivity index (χ0) is 16.2. The van der Waals surface area contributed by atoms with Gasteiger partial charge >= 0.3 is 0 Å². The van der Waals surface area contributed by atoms with Gasteiger partial charge in [0.25, 0.3) is 0 Å². The maximum Gasteiger partial charge on any atom is 0.225 e. The Morgan fingerprint density at radius 3 is 2.65 bits per heavy atom. The van der Waals surface area contributed by atoms with Gasteiger partial charge in [-0.25, -0.2) is 4.39 Å². The summed E-state index contributed by atoms with van der Waals surface area (Å²) in [6, 6.07) is 6.77. The van der Waals surface area contributed by atoms with Crippen molar-refractivity contribution in [1.29, 1.82) is 0 Å². The van der Waals surface area contributed by atoms with Crippen molar-refractivity contribution in [3.63, 3.8) is 0 Å². The summed E-state index contributed by atoms with van der Waals surface area (Å²) in [4.78, 5) is 2.33. The molecule has 0 aromatic heterocycles. The van der Waals surface area contributed by atoms with Crippen molar-refractivity contribution in [3.05, 3.63) is 35.6 Å². The van der Waals surface area contributed by atoms with Gasteiger partial charge in [-0.1, -0.05) is 11.6 Å². The van der Waals surface area contributed by atoms with Gasteiger partial charge in [0.15, 0.2) is 6.54 Å². The molecule has 0 spiro atoms. The fourth-order valence-electron chi connectivity index (χ4n) is 3.19. The maximum absolute atomic E-state index is 13.3. The lowest BCUT2D eigenvalue weighted by molar-refractivity contribution is -0.542. The summed E-state index contributed by atoms with van der Waals surface area (Å²) < 4.78 is 20.6. The van der Waals surface area contributed by atoms with Crippen LogP contribution >= 0.6 is 0 Å². The van der Waals surface area contributed by atoms with Crippen LogP contribution < -0.4 is 0 Å². The summed E-state index contributed by atoms with van der Waals surface area (Å²) in [7, 11) is 2.14. The molecule has 0 N–H and O–H groups in total. The van der Waals surface area contributed by atoms with Crippen LogP contribution in [0.2, 0.25) is 0 Å². The van der Waals surface area contributed by atoms with E-state index in [0.29, 0.717) is 5.92 Å². The molecule has 0 radical (unpaired) electrons. The average molecular weight is 318 g/mol. The van der Waals surface area contributed by atoms with Crippen molar-refractivity contribution < 1.29 is 13.8 Å². The van der Waals surface area contributed by atoms with E-state index in [1.165, 1.54) is 17.8 Å². The molecule has 0 bridgehead atoms. The maximum atomic E-state index is 13.3. The van der Waals surface area contributed by atoms with E-state index in [0.717, 1.165) is 44.8 Å². The third-order valence-corrected chi connectivity index (χ3v) is 4.41. The number of ether oxygens (including phenoxy) is 1. The highest BCUT2D eigenvalue weighted by Crippen LogP contribution is 2.19. The summed E-state index contributed by atoms with van der Waals surface area (Å²) in [5.41, 5.74) is 2.24. The van der Waals surface area contributed by atoms with Gasteiger partial charge in [0, 0.05) is 12.1 Å². The Bertz CT molecular complexity index is 593. The molecule has 23 heavy (non-hydrogen) atoms. The Labute approximate surface area is 137 Å². The van der Waals surface area contributed by atoms with E-state index < -0.39 is 0 Å². The molecule has 0 aliphatic carbocycles. The lowest BCUT2D eigenvalue weighted by Crippen LogP contribution is -2.37. The minimum absolute atomic E-state index is 0.202. The number of benzene rings is 1. The molecule has 1 unspecified atom stereocenters. The Kier molecular flexibility index (Phi) is 5.18. The van der Waals surface area contributed by atoms with Gasteiger partial charge < -0.3 is 9.64 Å². The first-order valence-corrected chi connectivity index (χ1v) is 8.38. The minimum Gasteiger partial charge on any atom is -0.380 e. The number of rotatable bonds is 7. The van der Waals surface area contributed by atoms with Crippen LogP contribution in [0.5, 0.6) is 0 Å². The second kappa shape index (κ2) is 7.32. The van der Waals surface area contributed by atoms with E-state index in [2.05, 4.69) is 28.7 Å². The first kappa shape index (κ1) is 16.3. The van der Waals surface area contributed by atoms with Gasteiger partial charge in [-0.2, -0.15) is 0 Å². The number of hydrogen-bond acceptors (Lipinski definition) is 3. The van der Waals surface area contributed by atoms with Crippen LogP contribution in [0.15, 0.2) is 29.4 Å². The lowest BCUT2D eigenvalue weighted by Gasteiger charge is -2.23. The molecule has 0 amide bonds. The molecule has 1 saturated heterocycles. The predicted octanol–water partition coefficient (Wildman–Crippen LogP) is 2.23. The summed E-state index contributed by atoms with van der Waals surface area (Å²) in [5.74, 6) is 0.583. The zero-order valence-electron chi connectivity index (χ0n) is 13.9. The van der Waals surface area contributed by atoms with Crippen molar-refractivity contribution in [3.8, 4) is 0 Å². The summed E-state index contributed by atoms with van der Waals surface area (Å²) in [6.07, 6.45) is 3.17. The molecule has 4 nitrogen and oxygen atoms in total. The van der Waals surface area contributed by atoms with Crippen molar-refractivity contribution in [2.75, 3.05) is 39.9 Å². The number of halogens is 1. The monoisotopic (exact) mass is 318 g/mol. The van der Waals surface area contributed by atoms with E-state index in [-0.39, 0.29) is 11.7 Å². The predicted molar refractivity (Wildman–Crippen MR) is 89.7 cm³/mol. The SMILES string of the molecule is CCCN(C)CC1C=N[N+](CC2COC2)=C1c1ccc(F)cc1. The third kappa shape index (κ3) is 3.85. The summed E-state index contributed by atoms with van der Waals surface area (Å²) >= 11 is 0. The Balaban J connectivity index is 1.83. The van der Waals surface area contributed by atoms with Gasteiger partial charge in [0.1, 0.15) is 11.7 Å². The van der Waals surface area contributed by atoms with Gasteiger partial charge in [0.05, 0.1) is 25.3 Å². The highest BCUT2D eigenvalue weighted by atomic mass is 19.1. The molecule has 1 fully saturated rings.